The Morgan fingerprint density at radius 1 is 1.10 bits per heavy atom. The first-order valence-corrected chi connectivity index (χ1v) is 10.3. The number of carbonyl (C=O) groups is 2. The summed E-state index contributed by atoms with van der Waals surface area (Å²) in [6.07, 6.45) is 0.845. The van der Waals surface area contributed by atoms with Crippen LogP contribution < -0.4 is 15.4 Å². The number of nitrogens with one attached hydrogen (secondary N) is 2. The Balaban J connectivity index is 1.62. The number of carbonyl (C=O) groups excluding carboxylic acids is 2. The predicted octanol–water partition coefficient (Wildman–Crippen LogP) is 4.99. The van der Waals surface area contributed by atoms with Gasteiger partial charge in [0.05, 0.1) is 12.8 Å². The second kappa shape index (κ2) is 9.63. The summed E-state index contributed by atoms with van der Waals surface area (Å²) in [5, 5.41) is 5.59. The Hall–Kier alpha value is -3.06. The normalized spacial score (nSPS) is 11.6. The van der Waals surface area contributed by atoms with Gasteiger partial charge in [-0.1, -0.05) is 22.0 Å². The molecule has 1 atom stereocenters. The highest BCUT2D eigenvalue weighted by Crippen LogP contribution is 2.28. The van der Waals surface area contributed by atoms with Crippen LogP contribution >= 0.6 is 15.9 Å². The van der Waals surface area contributed by atoms with Gasteiger partial charge in [-0.15, -0.1) is 0 Å². The van der Waals surface area contributed by atoms with Crippen molar-refractivity contribution in [2.75, 3.05) is 5.32 Å². The molecule has 0 aliphatic heterocycles. The van der Waals surface area contributed by atoms with Crippen molar-refractivity contribution in [2.45, 2.75) is 33.4 Å². The highest BCUT2D eigenvalue weighted by atomic mass is 79.9. The first-order valence-electron chi connectivity index (χ1n) is 9.48. The zero-order chi connectivity index (χ0) is 21.7. The van der Waals surface area contributed by atoms with Crippen molar-refractivity contribution in [2.24, 2.45) is 0 Å². The van der Waals surface area contributed by atoms with Gasteiger partial charge >= 0.3 is 0 Å². The molecule has 0 fully saturated rings. The third-order valence-electron chi connectivity index (χ3n) is 4.48. The number of ether oxygens (including phenoxy) is 1. The fourth-order valence-electron chi connectivity index (χ4n) is 2.98. The minimum Gasteiger partial charge on any atom is -0.480 e. The number of furan rings is 1. The number of amides is 2. The lowest BCUT2D eigenvalue weighted by Crippen LogP contribution is -2.30. The third-order valence-corrected chi connectivity index (χ3v) is 4.94. The average molecular weight is 471 g/mol. The van der Waals surface area contributed by atoms with E-state index in [1.54, 1.807) is 49.6 Å². The first kappa shape index (κ1) is 21.6. The number of halogens is 1. The maximum atomic E-state index is 12.6. The van der Waals surface area contributed by atoms with E-state index in [1.807, 2.05) is 26.0 Å². The molecule has 0 radical (unpaired) electrons. The second-order valence-corrected chi connectivity index (χ2v) is 7.88. The van der Waals surface area contributed by atoms with Gasteiger partial charge < -0.3 is 19.8 Å². The molecule has 30 heavy (non-hydrogen) atoms. The standard InChI is InChI=1S/C23H23BrN2O4/c1-14-10-18(24)11-15(2)21(14)30-16(3)22(27)26-19-7-4-6-17(12-19)23(28)25-13-20-8-5-9-29-20/h4-12,16H,13H2,1-3H3,(H,25,28)(H,26,27). The molecule has 2 amide bonds. The molecule has 0 aliphatic rings. The fourth-order valence-corrected chi connectivity index (χ4v) is 3.67. The molecule has 156 valence electrons. The smallest absolute Gasteiger partial charge is 0.265 e. The summed E-state index contributed by atoms with van der Waals surface area (Å²) in [5.74, 6) is 0.794. The summed E-state index contributed by atoms with van der Waals surface area (Å²) >= 11 is 3.45. The topological polar surface area (TPSA) is 80.6 Å². The van der Waals surface area contributed by atoms with Crippen LogP contribution in [0.25, 0.3) is 0 Å². The SMILES string of the molecule is Cc1cc(Br)cc(C)c1OC(C)C(=O)Nc1cccc(C(=O)NCc2ccco2)c1. The molecule has 0 aliphatic carbocycles. The van der Waals surface area contributed by atoms with Gasteiger partial charge in [-0.05, 0) is 74.4 Å². The maximum Gasteiger partial charge on any atom is 0.265 e. The zero-order valence-corrected chi connectivity index (χ0v) is 18.6. The molecule has 2 aromatic carbocycles. The Morgan fingerprint density at radius 3 is 2.50 bits per heavy atom. The molecule has 3 aromatic rings. The Bertz CT molecular complexity index is 1020. The molecular weight excluding hydrogens is 448 g/mol. The number of aryl methyl sites for hydroxylation is 2. The highest BCUT2D eigenvalue weighted by molar-refractivity contribution is 9.10. The van der Waals surface area contributed by atoms with E-state index in [1.165, 1.54) is 0 Å². The molecule has 3 rings (SSSR count). The Kier molecular flexibility index (Phi) is 6.95. The van der Waals surface area contributed by atoms with Gasteiger partial charge in [-0.2, -0.15) is 0 Å². The maximum absolute atomic E-state index is 12.6. The average Bonchev–Trinajstić information content (AvgIpc) is 3.22. The van der Waals surface area contributed by atoms with Gasteiger partial charge in [0, 0.05) is 15.7 Å². The molecule has 1 heterocycles. The lowest BCUT2D eigenvalue weighted by atomic mass is 10.1. The van der Waals surface area contributed by atoms with Gasteiger partial charge in [0.15, 0.2) is 6.10 Å². The molecule has 6 nitrogen and oxygen atoms in total. The summed E-state index contributed by atoms with van der Waals surface area (Å²) in [5.41, 5.74) is 2.84. The second-order valence-electron chi connectivity index (χ2n) is 6.96. The van der Waals surface area contributed by atoms with Crippen LogP contribution in [0.5, 0.6) is 5.75 Å². The lowest BCUT2D eigenvalue weighted by molar-refractivity contribution is -0.122. The van der Waals surface area contributed by atoms with Crippen molar-refractivity contribution in [3.8, 4) is 5.75 Å². The molecular formula is C23H23BrN2O4. The summed E-state index contributed by atoms with van der Waals surface area (Å²) in [7, 11) is 0. The molecule has 0 spiro atoms. The van der Waals surface area contributed by atoms with Gasteiger partial charge in [-0.25, -0.2) is 0 Å². The summed E-state index contributed by atoms with van der Waals surface area (Å²) in [6.45, 7) is 5.85. The summed E-state index contributed by atoms with van der Waals surface area (Å²) < 4.78 is 12.1. The van der Waals surface area contributed by atoms with E-state index in [-0.39, 0.29) is 11.8 Å². The van der Waals surface area contributed by atoms with Crippen LogP contribution in [0.3, 0.4) is 0 Å². The van der Waals surface area contributed by atoms with Gasteiger partial charge in [0.1, 0.15) is 11.5 Å². The number of benzene rings is 2. The largest absolute Gasteiger partial charge is 0.480 e. The van der Waals surface area contributed by atoms with Crippen molar-refractivity contribution >= 4 is 33.4 Å². The number of hydrogen-bond donors (Lipinski definition) is 2. The third kappa shape index (κ3) is 5.51. The number of rotatable bonds is 7. The Labute approximate surface area is 183 Å². The molecule has 7 heteroatoms. The van der Waals surface area contributed by atoms with E-state index in [0.717, 1.165) is 15.6 Å². The van der Waals surface area contributed by atoms with Crippen LogP contribution in [0, 0.1) is 13.8 Å². The highest BCUT2D eigenvalue weighted by Gasteiger charge is 2.18. The molecule has 1 aromatic heterocycles. The summed E-state index contributed by atoms with van der Waals surface area (Å²) in [4.78, 5) is 25.0. The molecule has 1 unspecified atom stereocenters. The first-order chi connectivity index (χ1) is 14.3. The van der Waals surface area contributed by atoms with Gasteiger partial charge in [-0.3, -0.25) is 9.59 Å². The quantitative estimate of drug-likeness (QED) is 0.509. The Morgan fingerprint density at radius 2 is 1.83 bits per heavy atom. The van der Waals surface area contributed by atoms with Crippen molar-refractivity contribution in [3.63, 3.8) is 0 Å². The van der Waals surface area contributed by atoms with Crippen LogP contribution in [0.15, 0.2) is 63.7 Å². The molecule has 2 N–H and O–H groups in total. The minimum absolute atomic E-state index is 0.257. The lowest BCUT2D eigenvalue weighted by Gasteiger charge is -2.18. The van der Waals surface area contributed by atoms with E-state index >= 15 is 0 Å². The van der Waals surface area contributed by atoms with E-state index < -0.39 is 6.10 Å². The van der Waals surface area contributed by atoms with Gasteiger partial charge in [0.2, 0.25) is 0 Å². The van der Waals surface area contributed by atoms with Crippen molar-refractivity contribution < 1.29 is 18.7 Å². The fraction of sp³-hybridized carbons (Fsp3) is 0.217. The minimum atomic E-state index is -0.708. The van der Waals surface area contributed by atoms with E-state index in [4.69, 9.17) is 9.15 Å². The van der Waals surface area contributed by atoms with Crippen LogP contribution in [-0.4, -0.2) is 17.9 Å². The molecule has 0 saturated carbocycles. The van der Waals surface area contributed by atoms with E-state index in [9.17, 15) is 9.59 Å². The van der Waals surface area contributed by atoms with Crippen molar-refractivity contribution in [1.29, 1.82) is 0 Å². The van der Waals surface area contributed by atoms with Crippen LogP contribution in [0.2, 0.25) is 0 Å². The van der Waals surface area contributed by atoms with E-state index in [2.05, 4.69) is 26.6 Å². The van der Waals surface area contributed by atoms with Crippen LogP contribution in [0.4, 0.5) is 5.69 Å². The van der Waals surface area contributed by atoms with Crippen molar-refractivity contribution in [3.05, 3.63) is 81.7 Å². The predicted molar refractivity (Wildman–Crippen MR) is 119 cm³/mol. The number of anilines is 1. The molecule has 0 bridgehead atoms. The van der Waals surface area contributed by atoms with Crippen LogP contribution in [0.1, 0.15) is 34.2 Å². The van der Waals surface area contributed by atoms with E-state index in [0.29, 0.717) is 29.3 Å². The van der Waals surface area contributed by atoms with Crippen LogP contribution in [-0.2, 0) is 11.3 Å². The van der Waals surface area contributed by atoms with Gasteiger partial charge in [0.25, 0.3) is 11.8 Å². The monoisotopic (exact) mass is 470 g/mol. The van der Waals surface area contributed by atoms with Crippen molar-refractivity contribution in [1.82, 2.24) is 5.32 Å². The molecule has 0 saturated heterocycles. The number of hydrogen-bond acceptors (Lipinski definition) is 4. The zero-order valence-electron chi connectivity index (χ0n) is 17.0. The summed E-state index contributed by atoms with van der Waals surface area (Å²) in [6, 6.07) is 14.2.